The standard InChI is InChI=1S/C19H20N4O4/c1-4-17-21-16(22-27-17)11-23(3)19(25)13-7-5-6-8-14(13)20-18(24)15-10-9-12(2)26-15/h5-10H,4,11H2,1-3H3,(H,20,24). The molecule has 0 aliphatic heterocycles. The molecule has 0 atom stereocenters. The monoisotopic (exact) mass is 368 g/mol. The molecule has 0 fully saturated rings. The number of hydrogen-bond donors (Lipinski definition) is 1. The Morgan fingerprint density at radius 2 is 1.96 bits per heavy atom. The van der Waals surface area contributed by atoms with Gasteiger partial charge in [-0.3, -0.25) is 9.59 Å². The summed E-state index contributed by atoms with van der Waals surface area (Å²) in [5.41, 5.74) is 0.756. The van der Waals surface area contributed by atoms with Crippen molar-refractivity contribution in [1.29, 1.82) is 0 Å². The van der Waals surface area contributed by atoms with Crippen LogP contribution in [0.1, 0.15) is 45.3 Å². The molecule has 8 heteroatoms. The lowest BCUT2D eigenvalue weighted by atomic mass is 10.1. The van der Waals surface area contributed by atoms with Crippen molar-refractivity contribution in [1.82, 2.24) is 15.0 Å². The molecular weight excluding hydrogens is 348 g/mol. The number of nitrogens with zero attached hydrogens (tertiary/aromatic N) is 3. The molecular formula is C19H20N4O4. The van der Waals surface area contributed by atoms with Crippen LogP contribution in [0.4, 0.5) is 5.69 Å². The molecule has 0 unspecified atom stereocenters. The molecule has 8 nitrogen and oxygen atoms in total. The van der Waals surface area contributed by atoms with Gasteiger partial charge in [-0.05, 0) is 31.2 Å². The normalized spacial score (nSPS) is 10.6. The predicted octanol–water partition coefficient (Wildman–Crippen LogP) is 3.06. The average Bonchev–Trinajstić information content (AvgIpc) is 3.30. The Kier molecular flexibility index (Phi) is 5.35. The van der Waals surface area contributed by atoms with Crippen LogP contribution < -0.4 is 5.32 Å². The molecule has 0 bridgehead atoms. The highest BCUT2D eigenvalue weighted by molar-refractivity contribution is 6.07. The van der Waals surface area contributed by atoms with E-state index in [9.17, 15) is 9.59 Å². The molecule has 2 amide bonds. The number of carbonyl (C=O) groups is 2. The number of amides is 2. The van der Waals surface area contributed by atoms with Gasteiger partial charge in [0.2, 0.25) is 5.89 Å². The summed E-state index contributed by atoms with van der Waals surface area (Å²) < 4.78 is 10.4. The lowest BCUT2D eigenvalue weighted by molar-refractivity contribution is 0.0781. The van der Waals surface area contributed by atoms with Crippen molar-refractivity contribution < 1.29 is 18.5 Å². The van der Waals surface area contributed by atoms with Crippen LogP contribution in [0, 0.1) is 6.92 Å². The highest BCUT2D eigenvalue weighted by Gasteiger charge is 2.20. The minimum Gasteiger partial charge on any atom is -0.456 e. The molecule has 3 aromatic rings. The van der Waals surface area contributed by atoms with Gasteiger partial charge in [0.05, 0.1) is 17.8 Å². The molecule has 140 valence electrons. The number of nitrogens with one attached hydrogen (secondary N) is 1. The number of para-hydroxylation sites is 1. The average molecular weight is 368 g/mol. The SMILES string of the molecule is CCc1nc(CN(C)C(=O)c2ccccc2NC(=O)c2ccc(C)o2)no1. The zero-order valence-electron chi connectivity index (χ0n) is 15.4. The fraction of sp³-hybridized carbons (Fsp3) is 0.263. The zero-order chi connectivity index (χ0) is 19.4. The zero-order valence-corrected chi connectivity index (χ0v) is 15.4. The smallest absolute Gasteiger partial charge is 0.291 e. The minimum absolute atomic E-state index is 0.182. The van der Waals surface area contributed by atoms with Gasteiger partial charge in [0.1, 0.15) is 5.76 Å². The van der Waals surface area contributed by atoms with E-state index in [2.05, 4.69) is 15.5 Å². The second-order valence-electron chi connectivity index (χ2n) is 6.03. The van der Waals surface area contributed by atoms with Crippen LogP contribution in [0.25, 0.3) is 0 Å². The van der Waals surface area contributed by atoms with Crippen LogP contribution in [0.3, 0.4) is 0 Å². The summed E-state index contributed by atoms with van der Waals surface area (Å²) in [7, 11) is 1.64. The van der Waals surface area contributed by atoms with Gasteiger partial charge < -0.3 is 19.2 Å². The third-order valence-corrected chi connectivity index (χ3v) is 3.91. The molecule has 0 aliphatic rings. The van der Waals surface area contributed by atoms with Crippen molar-refractivity contribution >= 4 is 17.5 Å². The number of anilines is 1. The second-order valence-corrected chi connectivity index (χ2v) is 6.03. The van der Waals surface area contributed by atoms with E-state index >= 15 is 0 Å². The first-order chi connectivity index (χ1) is 13.0. The first kappa shape index (κ1) is 18.4. The number of carbonyl (C=O) groups excluding carboxylic acids is 2. The fourth-order valence-corrected chi connectivity index (χ4v) is 2.51. The van der Waals surface area contributed by atoms with E-state index in [1.165, 1.54) is 4.90 Å². The lowest BCUT2D eigenvalue weighted by Crippen LogP contribution is -2.28. The summed E-state index contributed by atoms with van der Waals surface area (Å²) in [6, 6.07) is 10.1. The molecule has 0 saturated heterocycles. The van der Waals surface area contributed by atoms with E-state index in [4.69, 9.17) is 8.94 Å². The maximum absolute atomic E-state index is 12.8. The minimum atomic E-state index is -0.420. The maximum atomic E-state index is 12.8. The fourth-order valence-electron chi connectivity index (χ4n) is 2.51. The van der Waals surface area contributed by atoms with E-state index in [-0.39, 0.29) is 18.2 Å². The van der Waals surface area contributed by atoms with Gasteiger partial charge in [0.25, 0.3) is 11.8 Å². The lowest BCUT2D eigenvalue weighted by Gasteiger charge is -2.17. The largest absolute Gasteiger partial charge is 0.456 e. The molecule has 0 radical (unpaired) electrons. The molecule has 0 aliphatic carbocycles. The van der Waals surface area contributed by atoms with E-state index < -0.39 is 5.91 Å². The number of aromatic nitrogens is 2. The third kappa shape index (κ3) is 4.22. The van der Waals surface area contributed by atoms with Gasteiger partial charge in [-0.2, -0.15) is 4.98 Å². The molecule has 0 spiro atoms. The summed E-state index contributed by atoms with van der Waals surface area (Å²) in [6.07, 6.45) is 0.631. The highest BCUT2D eigenvalue weighted by Crippen LogP contribution is 2.19. The Hall–Kier alpha value is -3.42. The Morgan fingerprint density at radius 1 is 1.19 bits per heavy atom. The molecule has 2 heterocycles. The van der Waals surface area contributed by atoms with Gasteiger partial charge in [0, 0.05) is 13.5 Å². The number of aryl methyl sites for hydroxylation is 2. The first-order valence-corrected chi connectivity index (χ1v) is 8.51. The van der Waals surface area contributed by atoms with Crippen molar-refractivity contribution in [3.8, 4) is 0 Å². The summed E-state index contributed by atoms with van der Waals surface area (Å²) in [4.78, 5) is 30.8. The number of benzene rings is 1. The van der Waals surface area contributed by atoms with Crippen molar-refractivity contribution in [3.05, 3.63) is 65.2 Å². The van der Waals surface area contributed by atoms with Crippen LogP contribution in [0.5, 0.6) is 0 Å². The van der Waals surface area contributed by atoms with Crippen molar-refractivity contribution in [2.45, 2.75) is 26.8 Å². The van der Waals surface area contributed by atoms with Crippen LogP contribution in [0.15, 0.2) is 45.3 Å². The van der Waals surface area contributed by atoms with Crippen LogP contribution in [-0.2, 0) is 13.0 Å². The van der Waals surface area contributed by atoms with Crippen molar-refractivity contribution in [2.24, 2.45) is 0 Å². The second kappa shape index (κ2) is 7.86. The molecule has 3 rings (SSSR count). The summed E-state index contributed by atoms with van der Waals surface area (Å²) in [6.45, 7) is 3.86. The van der Waals surface area contributed by atoms with E-state index in [1.54, 1.807) is 50.4 Å². The highest BCUT2D eigenvalue weighted by atomic mass is 16.5. The summed E-state index contributed by atoms with van der Waals surface area (Å²) in [5.74, 6) is 1.07. The number of hydrogen-bond acceptors (Lipinski definition) is 6. The summed E-state index contributed by atoms with van der Waals surface area (Å²) >= 11 is 0. The van der Waals surface area contributed by atoms with E-state index in [1.807, 2.05) is 6.92 Å². The van der Waals surface area contributed by atoms with Gasteiger partial charge in [-0.25, -0.2) is 0 Å². The Labute approximate surface area is 156 Å². The molecule has 27 heavy (non-hydrogen) atoms. The van der Waals surface area contributed by atoms with Crippen LogP contribution in [0.2, 0.25) is 0 Å². The molecule has 1 N–H and O–H groups in total. The topological polar surface area (TPSA) is 101 Å². The van der Waals surface area contributed by atoms with E-state index in [0.29, 0.717) is 35.1 Å². The van der Waals surface area contributed by atoms with Crippen molar-refractivity contribution in [2.75, 3.05) is 12.4 Å². The maximum Gasteiger partial charge on any atom is 0.291 e. The Balaban J connectivity index is 1.75. The van der Waals surface area contributed by atoms with Gasteiger partial charge in [-0.15, -0.1) is 0 Å². The van der Waals surface area contributed by atoms with Crippen molar-refractivity contribution in [3.63, 3.8) is 0 Å². The van der Waals surface area contributed by atoms with Crippen LogP contribution >= 0.6 is 0 Å². The number of rotatable bonds is 6. The quantitative estimate of drug-likeness (QED) is 0.717. The van der Waals surface area contributed by atoms with E-state index in [0.717, 1.165) is 0 Å². The van der Waals surface area contributed by atoms with Gasteiger partial charge in [0.15, 0.2) is 11.6 Å². The third-order valence-electron chi connectivity index (χ3n) is 3.91. The molecule has 0 saturated carbocycles. The first-order valence-electron chi connectivity index (χ1n) is 8.51. The van der Waals surface area contributed by atoms with Gasteiger partial charge in [-0.1, -0.05) is 24.2 Å². The van der Waals surface area contributed by atoms with Gasteiger partial charge >= 0.3 is 0 Å². The molecule has 2 aromatic heterocycles. The molecule has 1 aromatic carbocycles. The predicted molar refractivity (Wildman–Crippen MR) is 97.3 cm³/mol. The Bertz CT molecular complexity index is 960. The summed E-state index contributed by atoms with van der Waals surface area (Å²) in [5, 5.41) is 6.58. The number of furan rings is 1. The van der Waals surface area contributed by atoms with Crippen LogP contribution in [-0.4, -0.2) is 33.9 Å². The Morgan fingerprint density at radius 3 is 2.63 bits per heavy atom.